The lowest BCUT2D eigenvalue weighted by Crippen LogP contribution is -1.94. The van der Waals surface area contributed by atoms with E-state index in [1.807, 2.05) is 12.4 Å². The lowest BCUT2D eigenvalue weighted by molar-refractivity contribution is 0.539. The molecule has 0 aliphatic rings. The van der Waals surface area contributed by atoms with Crippen LogP contribution in [0.5, 0.6) is 0 Å². The molecular weight excluding hydrogens is 496 g/mol. The fraction of sp³-hybridized carbons (Fsp3) is 0.744. The quantitative estimate of drug-likeness (QED) is 0.0964. The van der Waals surface area contributed by atoms with E-state index in [9.17, 15) is 0 Å². The van der Waals surface area contributed by atoms with Crippen LogP contribution in [-0.4, -0.2) is 9.97 Å². The maximum absolute atomic E-state index is 4.68. The largest absolute Gasteiger partial charge is 0.236 e. The standard InChI is InChI=1S/C39H66N2/c1-3-5-7-9-11-13-15-17-19-20-22-24-26-28-36-30-32-38(33-31-36)39-40-34-37(35-41-39)29-27-25-23-21-18-16-14-12-10-8-6-4-2/h30-35H,3-29H2,1-2H3. The summed E-state index contributed by atoms with van der Waals surface area (Å²) in [5.74, 6) is 0.857. The highest BCUT2D eigenvalue weighted by molar-refractivity contribution is 5.55. The zero-order valence-electron chi connectivity index (χ0n) is 27.5. The van der Waals surface area contributed by atoms with Gasteiger partial charge in [-0.05, 0) is 36.8 Å². The molecule has 0 amide bonds. The smallest absolute Gasteiger partial charge is 0.159 e. The molecule has 2 heteroatoms. The van der Waals surface area contributed by atoms with Gasteiger partial charge in [0.15, 0.2) is 5.82 Å². The first-order valence-electron chi connectivity index (χ1n) is 18.2. The molecule has 2 aromatic rings. The Morgan fingerprint density at radius 3 is 1.05 bits per heavy atom. The maximum Gasteiger partial charge on any atom is 0.159 e. The van der Waals surface area contributed by atoms with Crippen molar-refractivity contribution in [1.82, 2.24) is 9.97 Å². The molecule has 232 valence electrons. The Bertz CT molecular complexity index is 810. The van der Waals surface area contributed by atoms with Crippen LogP contribution in [-0.2, 0) is 12.8 Å². The summed E-state index contributed by atoms with van der Waals surface area (Å²) in [7, 11) is 0. The van der Waals surface area contributed by atoms with E-state index in [2.05, 4.69) is 48.1 Å². The first kappa shape index (κ1) is 35.5. The Labute approximate surface area is 256 Å². The number of rotatable bonds is 28. The average molecular weight is 563 g/mol. The van der Waals surface area contributed by atoms with Crippen LogP contribution in [0.2, 0.25) is 0 Å². The normalized spacial score (nSPS) is 11.4. The van der Waals surface area contributed by atoms with Gasteiger partial charge in [-0.2, -0.15) is 0 Å². The minimum Gasteiger partial charge on any atom is -0.236 e. The second-order valence-corrected chi connectivity index (χ2v) is 12.7. The van der Waals surface area contributed by atoms with Gasteiger partial charge in [0.2, 0.25) is 0 Å². The van der Waals surface area contributed by atoms with Crippen LogP contribution >= 0.6 is 0 Å². The lowest BCUT2D eigenvalue weighted by Gasteiger charge is -2.06. The molecule has 0 saturated carbocycles. The first-order chi connectivity index (χ1) is 20.3. The molecule has 41 heavy (non-hydrogen) atoms. The lowest BCUT2D eigenvalue weighted by atomic mass is 10.0. The SMILES string of the molecule is CCCCCCCCCCCCCCCc1ccc(-c2ncc(CCCCCCCCCCCCCC)cn2)cc1. The molecule has 0 bridgehead atoms. The van der Waals surface area contributed by atoms with Gasteiger partial charge in [-0.25, -0.2) is 9.97 Å². The first-order valence-corrected chi connectivity index (χ1v) is 18.2. The highest BCUT2D eigenvalue weighted by atomic mass is 14.9. The molecule has 0 unspecified atom stereocenters. The molecule has 2 rings (SSSR count). The Morgan fingerprint density at radius 2 is 0.683 bits per heavy atom. The van der Waals surface area contributed by atoms with Crippen molar-refractivity contribution < 1.29 is 0 Å². The van der Waals surface area contributed by atoms with E-state index in [-0.39, 0.29) is 0 Å². The average Bonchev–Trinajstić information content (AvgIpc) is 3.00. The Kier molecular flexibility index (Phi) is 22.5. The minimum atomic E-state index is 0.857. The monoisotopic (exact) mass is 563 g/mol. The zero-order chi connectivity index (χ0) is 29.1. The summed E-state index contributed by atoms with van der Waals surface area (Å²) in [6.07, 6.45) is 41.5. The fourth-order valence-corrected chi connectivity index (χ4v) is 5.97. The van der Waals surface area contributed by atoms with Crippen molar-refractivity contribution >= 4 is 0 Å². The molecule has 0 N–H and O–H groups in total. The fourth-order valence-electron chi connectivity index (χ4n) is 5.97. The molecule has 1 aromatic carbocycles. The number of hydrogen-bond acceptors (Lipinski definition) is 2. The van der Waals surface area contributed by atoms with Crippen LogP contribution in [0.25, 0.3) is 11.4 Å². The van der Waals surface area contributed by atoms with Gasteiger partial charge in [0.1, 0.15) is 0 Å². The van der Waals surface area contributed by atoms with E-state index >= 15 is 0 Å². The van der Waals surface area contributed by atoms with Crippen molar-refractivity contribution in [2.24, 2.45) is 0 Å². The third kappa shape index (κ3) is 19.2. The van der Waals surface area contributed by atoms with E-state index in [0.29, 0.717) is 0 Å². The van der Waals surface area contributed by atoms with Crippen molar-refractivity contribution in [3.05, 3.63) is 47.8 Å². The number of nitrogens with zero attached hydrogens (tertiary/aromatic N) is 2. The molecule has 0 radical (unpaired) electrons. The van der Waals surface area contributed by atoms with Gasteiger partial charge in [0, 0.05) is 18.0 Å². The van der Waals surface area contributed by atoms with Gasteiger partial charge < -0.3 is 0 Å². The van der Waals surface area contributed by atoms with Gasteiger partial charge in [-0.1, -0.05) is 186 Å². The maximum atomic E-state index is 4.68. The summed E-state index contributed by atoms with van der Waals surface area (Å²) in [4.78, 5) is 9.36. The molecule has 1 heterocycles. The molecule has 1 aromatic heterocycles. The Balaban J connectivity index is 1.46. The number of aryl methyl sites for hydroxylation is 2. The summed E-state index contributed by atoms with van der Waals surface area (Å²) < 4.78 is 0. The van der Waals surface area contributed by atoms with Crippen molar-refractivity contribution in [1.29, 1.82) is 0 Å². The zero-order valence-corrected chi connectivity index (χ0v) is 27.5. The predicted molar refractivity (Wildman–Crippen MR) is 182 cm³/mol. The van der Waals surface area contributed by atoms with E-state index < -0.39 is 0 Å². The van der Waals surface area contributed by atoms with Crippen LogP contribution in [0.3, 0.4) is 0 Å². The molecular formula is C39H66N2. The van der Waals surface area contributed by atoms with Crippen LogP contribution in [0.1, 0.15) is 185 Å². The van der Waals surface area contributed by atoms with Gasteiger partial charge in [0.25, 0.3) is 0 Å². The Morgan fingerprint density at radius 1 is 0.366 bits per heavy atom. The third-order valence-corrected chi connectivity index (χ3v) is 8.81. The van der Waals surface area contributed by atoms with Crippen LogP contribution in [0.15, 0.2) is 36.7 Å². The van der Waals surface area contributed by atoms with E-state index in [1.54, 1.807) is 0 Å². The highest BCUT2D eigenvalue weighted by Crippen LogP contribution is 2.19. The van der Waals surface area contributed by atoms with Crippen LogP contribution in [0.4, 0.5) is 0 Å². The summed E-state index contributed by atoms with van der Waals surface area (Å²) in [5.41, 5.74) is 3.86. The van der Waals surface area contributed by atoms with Crippen molar-refractivity contribution in [2.75, 3.05) is 0 Å². The van der Waals surface area contributed by atoms with Gasteiger partial charge in [-0.3, -0.25) is 0 Å². The molecule has 0 spiro atoms. The molecule has 0 atom stereocenters. The van der Waals surface area contributed by atoms with Crippen molar-refractivity contribution in [3.63, 3.8) is 0 Å². The second-order valence-electron chi connectivity index (χ2n) is 12.7. The molecule has 0 aliphatic heterocycles. The second kappa shape index (κ2) is 26.0. The Hall–Kier alpha value is -1.70. The topological polar surface area (TPSA) is 25.8 Å². The predicted octanol–water partition coefficient (Wildman–Crippen LogP) is 13.0. The summed E-state index contributed by atoms with van der Waals surface area (Å²) in [5, 5.41) is 0. The molecule has 0 saturated heterocycles. The van der Waals surface area contributed by atoms with Crippen molar-refractivity contribution in [2.45, 2.75) is 187 Å². The summed E-state index contributed by atoms with van der Waals surface area (Å²) in [6, 6.07) is 8.97. The number of benzene rings is 1. The molecule has 0 fully saturated rings. The van der Waals surface area contributed by atoms with Crippen molar-refractivity contribution in [3.8, 4) is 11.4 Å². The van der Waals surface area contributed by atoms with Crippen LogP contribution < -0.4 is 0 Å². The number of hydrogen-bond donors (Lipinski definition) is 0. The number of unbranched alkanes of at least 4 members (excludes halogenated alkanes) is 23. The van der Waals surface area contributed by atoms with E-state index in [4.69, 9.17) is 0 Å². The minimum absolute atomic E-state index is 0.857. The summed E-state index contributed by atoms with van der Waals surface area (Å²) in [6.45, 7) is 4.59. The van der Waals surface area contributed by atoms with Crippen LogP contribution in [0, 0.1) is 0 Å². The van der Waals surface area contributed by atoms with E-state index in [1.165, 1.54) is 178 Å². The van der Waals surface area contributed by atoms with Gasteiger partial charge in [0.05, 0.1) is 0 Å². The molecule has 0 aliphatic carbocycles. The highest BCUT2D eigenvalue weighted by Gasteiger charge is 2.03. The van der Waals surface area contributed by atoms with Gasteiger partial charge in [-0.15, -0.1) is 0 Å². The molecule has 2 nitrogen and oxygen atoms in total. The van der Waals surface area contributed by atoms with Gasteiger partial charge >= 0.3 is 0 Å². The van der Waals surface area contributed by atoms with E-state index in [0.717, 1.165) is 17.8 Å². The third-order valence-electron chi connectivity index (χ3n) is 8.81. The number of aromatic nitrogens is 2. The summed E-state index contributed by atoms with van der Waals surface area (Å²) >= 11 is 0.